The van der Waals surface area contributed by atoms with Crippen LogP contribution in [0.3, 0.4) is 0 Å². The monoisotopic (exact) mass is 331 g/mol. The molecule has 3 N–H and O–H groups in total. The summed E-state index contributed by atoms with van der Waals surface area (Å²) in [5, 5.41) is 3.05. The van der Waals surface area contributed by atoms with E-state index < -0.39 is 0 Å². The van der Waals surface area contributed by atoms with Gasteiger partial charge in [0.2, 0.25) is 0 Å². The van der Waals surface area contributed by atoms with E-state index in [2.05, 4.69) is 28.5 Å². The maximum atomic E-state index is 5.90. The van der Waals surface area contributed by atoms with E-state index in [0.29, 0.717) is 19.1 Å². The Morgan fingerprint density at radius 2 is 1.48 bits per heavy atom. The summed E-state index contributed by atoms with van der Waals surface area (Å²) in [5.74, 6) is 1.23. The standard InChI is InChI=1S/C21H21N3O/c22-21(24-18-11-5-2-6-12-18)23-15-16-25-20-14-8-7-13-19(20)17-9-3-1-4-10-17/h1-14H,15-16H2,(H3,22,23,24). The summed E-state index contributed by atoms with van der Waals surface area (Å²) < 4.78 is 5.90. The topological polar surface area (TPSA) is 59.6 Å². The number of rotatable bonds is 6. The average Bonchev–Trinajstić information content (AvgIpc) is 2.67. The van der Waals surface area contributed by atoms with E-state index in [-0.39, 0.29) is 0 Å². The molecule has 0 radical (unpaired) electrons. The van der Waals surface area contributed by atoms with Gasteiger partial charge in [0.05, 0.1) is 6.54 Å². The molecule has 0 unspecified atom stereocenters. The maximum absolute atomic E-state index is 5.90. The predicted molar refractivity (Wildman–Crippen MR) is 104 cm³/mol. The number of nitrogens with zero attached hydrogens (tertiary/aromatic N) is 1. The van der Waals surface area contributed by atoms with E-state index in [1.54, 1.807) is 0 Å². The Bertz CT molecular complexity index is 817. The summed E-state index contributed by atoms with van der Waals surface area (Å²) in [6.45, 7) is 0.940. The molecule has 0 spiro atoms. The molecule has 0 aliphatic carbocycles. The minimum absolute atomic E-state index is 0.381. The van der Waals surface area contributed by atoms with Crippen LogP contribution in [0.4, 0.5) is 5.69 Å². The number of guanidine groups is 1. The van der Waals surface area contributed by atoms with Crippen molar-refractivity contribution in [2.24, 2.45) is 10.7 Å². The molecule has 0 aliphatic rings. The largest absolute Gasteiger partial charge is 0.491 e. The van der Waals surface area contributed by atoms with Crippen molar-refractivity contribution in [1.29, 1.82) is 0 Å². The molecule has 4 nitrogen and oxygen atoms in total. The van der Waals surface area contributed by atoms with Crippen molar-refractivity contribution in [3.8, 4) is 16.9 Å². The number of nitrogens with one attached hydrogen (secondary N) is 1. The lowest BCUT2D eigenvalue weighted by molar-refractivity contribution is 0.330. The Kier molecular flexibility index (Phi) is 5.67. The fourth-order valence-electron chi connectivity index (χ4n) is 2.48. The lowest BCUT2D eigenvalue weighted by Gasteiger charge is -2.11. The van der Waals surface area contributed by atoms with Crippen LogP contribution >= 0.6 is 0 Å². The van der Waals surface area contributed by atoms with E-state index >= 15 is 0 Å². The Morgan fingerprint density at radius 1 is 0.840 bits per heavy atom. The number of para-hydroxylation sites is 2. The van der Waals surface area contributed by atoms with E-state index in [9.17, 15) is 0 Å². The van der Waals surface area contributed by atoms with Crippen LogP contribution in [-0.4, -0.2) is 19.1 Å². The molecule has 0 fully saturated rings. The number of hydrogen-bond acceptors (Lipinski definition) is 2. The van der Waals surface area contributed by atoms with Crippen molar-refractivity contribution < 1.29 is 4.74 Å². The van der Waals surface area contributed by atoms with Gasteiger partial charge in [-0.1, -0.05) is 66.7 Å². The molecular weight excluding hydrogens is 310 g/mol. The minimum atomic E-state index is 0.381. The molecule has 126 valence electrons. The highest BCUT2D eigenvalue weighted by molar-refractivity contribution is 5.92. The quantitative estimate of drug-likeness (QED) is 0.405. The summed E-state index contributed by atoms with van der Waals surface area (Å²) in [4.78, 5) is 4.30. The summed E-state index contributed by atoms with van der Waals surface area (Å²) in [7, 11) is 0. The molecule has 0 saturated carbocycles. The smallest absolute Gasteiger partial charge is 0.193 e. The van der Waals surface area contributed by atoms with Gasteiger partial charge >= 0.3 is 0 Å². The van der Waals surface area contributed by atoms with Crippen molar-refractivity contribution in [2.75, 3.05) is 18.5 Å². The van der Waals surface area contributed by atoms with Crippen LogP contribution in [0.2, 0.25) is 0 Å². The van der Waals surface area contributed by atoms with Crippen LogP contribution in [-0.2, 0) is 0 Å². The van der Waals surface area contributed by atoms with Crippen LogP contribution in [0.5, 0.6) is 5.75 Å². The van der Waals surface area contributed by atoms with Crippen molar-refractivity contribution >= 4 is 11.6 Å². The minimum Gasteiger partial charge on any atom is -0.491 e. The molecule has 3 rings (SSSR count). The van der Waals surface area contributed by atoms with Crippen LogP contribution in [0.25, 0.3) is 11.1 Å². The molecule has 3 aromatic rings. The Morgan fingerprint density at radius 3 is 2.24 bits per heavy atom. The third-order valence-corrected chi connectivity index (χ3v) is 3.65. The number of aliphatic imine (C=N–C) groups is 1. The predicted octanol–water partition coefficient (Wildman–Crippen LogP) is 4.16. The number of nitrogens with two attached hydrogens (primary N) is 1. The molecular formula is C21H21N3O. The fraction of sp³-hybridized carbons (Fsp3) is 0.0952. The van der Waals surface area contributed by atoms with Crippen LogP contribution in [0.1, 0.15) is 0 Å². The fourth-order valence-corrected chi connectivity index (χ4v) is 2.48. The highest BCUT2D eigenvalue weighted by Gasteiger charge is 2.04. The molecule has 0 bridgehead atoms. The SMILES string of the molecule is NC(=NCCOc1ccccc1-c1ccccc1)Nc1ccccc1. The zero-order valence-electron chi connectivity index (χ0n) is 13.9. The van der Waals surface area contributed by atoms with Crippen molar-refractivity contribution in [3.05, 3.63) is 84.9 Å². The highest BCUT2D eigenvalue weighted by atomic mass is 16.5. The van der Waals surface area contributed by atoms with Crippen LogP contribution < -0.4 is 15.8 Å². The molecule has 0 amide bonds. The van der Waals surface area contributed by atoms with Crippen LogP contribution in [0.15, 0.2) is 89.9 Å². The molecule has 0 aliphatic heterocycles. The number of hydrogen-bond donors (Lipinski definition) is 2. The van der Waals surface area contributed by atoms with Gasteiger partial charge in [0.15, 0.2) is 5.96 Å². The zero-order chi connectivity index (χ0) is 17.3. The second-order valence-electron chi connectivity index (χ2n) is 5.47. The van der Waals surface area contributed by atoms with Crippen molar-refractivity contribution in [3.63, 3.8) is 0 Å². The molecule has 0 atom stereocenters. The number of ether oxygens (including phenoxy) is 1. The lowest BCUT2D eigenvalue weighted by atomic mass is 10.1. The summed E-state index contributed by atoms with van der Waals surface area (Å²) in [6.07, 6.45) is 0. The van der Waals surface area contributed by atoms with Gasteiger partial charge in [0.25, 0.3) is 0 Å². The third kappa shape index (κ3) is 4.85. The first-order valence-corrected chi connectivity index (χ1v) is 8.22. The molecule has 25 heavy (non-hydrogen) atoms. The molecule has 0 heterocycles. The van der Waals surface area contributed by atoms with Gasteiger partial charge in [-0.2, -0.15) is 0 Å². The second kappa shape index (κ2) is 8.55. The summed E-state index contributed by atoms with van der Waals surface area (Å²) in [5.41, 5.74) is 9.01. The van der Waals surface area contributed by atoms with Gasteiger partial charge in [-0.15, -0.1) is 0 Å². The maximum Gasteiger partial charge on any atom is 0.193 e. The van der Waals surface area contributed by atoms with Crippen molar-refractivity contribution in [2.45, 2.75) is 0 Å². The van der Waals surface area contributed by atoms with Crippen LogP contribution in [0, 0.1) is 0 Å². The van der Waals surface area contributed by atoms with Gasteiger partial charge < -0.3 is 15.8 Å². The van der Waals surface area contributed by atoms with E-state index in [1.807, 2.05) is 66.7 Å². The Labute approximate surface area is 148 Å². The van der Waals surface area contributed by atoms with Gasteiger partial charge in [-0.05, 0) is 23.8 Å². The lowest BCUT2D eigenvalue weighted by Crippen LogP contribution is -2.23. The summed E-state index contributed by atoms with van der Waals surface area (Å²) >= 11 is 0. The highest BCUT2D eigenvalue weighted by Crippen LogP contribution is 2.29. The summed E-state index contributed by atoms with van der Waals surface area (Å²) in [6, 6.07) is 27.9. The Hall–Kier alpha value is -3.27. The third-order valence-electron chi connectivity index (χ3n) is 3.65. The Balaban J connectivity index is 1.57. The van der Waals surface area contributed by atoms with Gasteiger partial charge in [0, 0.05) is 11.3 Å². The molecule has 3 aromatic carbocycles. The van der Waals surface area contributed by atoms with Gasteiger partial charge in [-0.3, -0.25) is 0 Å². The first-order chi connectivity index (χ1) is 12.3. The average molecular weight is 331 g/mol. The van der Waals surface area contributed by atoms with Gasteiger partial charge in [0.1, 0.15) is 12.4 Å². The van der Waals surface area contributed by atoms with Gasteiger partial charge in [-0.25, -0.2) is 4.99 Å². The van der Waals surface area contributed by atoms with E-state index in [1.165, 1.54) is 0 Å². The zero-order valence-corrected chi connectivity index (χ0v) is 13.9. The van der Waals surface area contributed by atoms with E-state index in [0.717, 1.165) is 22.6 Å². The second-order valence-corrected chi connectivity index (χ2v) is 5.47. The molecule has 0 saturated heterocycles. The normalized spacial score (nSPS) is 11.1. The number of benzene rings is 3. The van der Waals surface area contributed by atoms with Crippen molar-refractivity contribution in [1.82, 2.24) is 0 Å². The number of anilines is 1. The molecule has 4 heteroatoms. The van der Waals surface area contributed by atoms with E-state index in [4.69, 9.17) is 10.5 Å². The molecule has 0 aromatic heterocycles. The first-order valence-electron chi connectivity index (χ1n) is 8.22. The first kappa shape index (κ1) is 16.6.